The lowest BCUT2D eigenvalue weighted by Crippen LogP contribution is -2.46. The molecule has 1 saturated heterocycles. The second-order valence-electron chi connectivity index (χ2n) is 8.68. The fourth-order valence-electron chi connectivity index (χ4n) is 5.05. The number of likely N-dealkylation sites (tertiary alicyclic amines) is 1. The van der Waals surface area contributed by atoms with Gasteiger partial charge < -0.3 is 15.1 Å². The Morgan fingerprint density at radius 2 is 2.06 bits per heavy atom. The molecular weight excluding hydrogens is 428 g/mol. The first-order valence-electron chi connectivity index (χ1n) is 10.8. The van der Waals surface area contributed by atoms with Crippen LogP contribution in [0.15, 0.2) is 18.3 Å². The van der Waals surface area contributed by atoms with Crippen LogP contribution in [-0.2, 0) is 24.2 Å². The zero-order chi connectivity index (χ0) is 22.4. The average Bonchev–Trinajstić information content (AvgIpc) is 3.33. The van der Waals surface area contributed by atoms with Crippen molar-refractivity contribution < 1.29 is 9.59 Å². The van der Waals surface area contributed by atoms with Crippen LogP contribution in [0.2, 0.25) is 5.02 Å². The van der Waals surface area contributed by atoms with E-state index in [1.807, 2.05) is 15.9 Å². The fourth-order valence-corrected chi connectivity index (χ4v) is 5.29. The van der Waals surface area contributed by atoms with E-state index in [1.165, 1.54) is 0 Å². The first-order chi connectivity index (χ1) is 15.4. The lowest BCUT2D eigenvalue weighted by Gasteiger charge is -2.36. The third kappa shape index (κ3) is 3.67. The minimum atomic E-state index is -0.0330. The predicted molar refractivity (Wildman–Crippen MR) is 118 cm³/mol. The van der Waals surface area contributed by atoms with E-state index in [2.05, 4.69) is 21.4 Å². The molecule has 9 heteroatoms. The van der Waals surface area contributed by atoms with Gasteiger partial charge in [0.15, 0.2) is 0 Å². The number of nitrogens with one attached hydrogen (secondary N) is 1. The molecule has 3 aliphatic rings. The number of amides is 2. The van der Waals surface area contributed by atoms with Crippen LogP contribution in [0.4, 0.5) is 5.95 Å². The van der Waals surface area contributed by atoms with Crippen LogP contribution in [0.5, 0.6) is 0 Å². The number of nitrogens with zero attached hydrogens (tertiary/aromatic N) is 5. The summed E-state index contributed by atoms with van der Waals surface area (Å²) in [5.41, 5.74) is 4.00. The van der Waals surface area contributed by atoms with Gasteiger partial charge in [0, 0.05) is 43.3 Å². The fraction of sp³-hybridized carbons (Fsp3) is 0.435. The molecule has 0 radical (unpaired) electrons. The SMILES string of the molecule is CC(=O)N1CCC(N2Cc3nc(N[C@H]4Cc5cc(Cl)cc(C#N)c5C4)ncc3C2=O)CC1. The largest absolute Gasteiger partial charge is 0.351 e. The molecule has 32 heavy (non-hydrogen) atoms. The van der Waals surface area contributed by atoms with Crippen molar-refractivity contribution in [2.75, 3.05) is 18.4 Å². The predicted octanol–water partition coefficient (Wildman–Crippen LogP) is 2.55. The Morgan fingerprint density at radius 3 is 2.78 bits per heavy atom. The van der Waals surface area contributed by atoms with Crippen molar-refractivity contribution in [3.63, 3.8) is 0 Å². The number of hydrogen-bond acceptors (Lipinski definition) is 6. The number of benzene rings is 1. The lowest BCUT2D eigenvalue weighted by atomic mass is 10.0. The molecule has 2 amide bonds. The van der Waals surface area contributed by atoms with Crippen LogP contribution < -0.4 is 5.32 Å². The highest BCUT2D eigenvalue weighted by Gasteiger charge is 2.36. The third-order valence-corrected chi connectivity index (χ3v) is 6.93. The molecular formula is C23H23ClN6O2. The molecule has 0 bridgehead atoms. The number of rotatable bonds is 3. The van der Waals surface area contributed by atoms with Crippen LogP contribution in [0, 0.1) is 11.3 Å². The van der Waals surface area contributed by atoms with Crippen LogP contribution in [0.3, 0.4) is 0 Å². The zero-order valence-corrected chi connectivity index (χ0v) is 18.5. The molecule has 2 aromatic rings. The van der Waals surface area contributed by atoms with Crippen LogP contribution in [0.25, 0.3) is 0 Å². The van der Waals surface area contributed by atoms with Gasteiger partial charge in [0.2, 0.25) is 11.9 Å². The van der Waals surface area contributed by atoms with Gasteiger partial charge in [-0.25, -0.2) is 9.97 Å². The molecule has 0 spiro atoms. The van der Waals surface area contributed by atoms with E-state index in [0.717, 1.165) is 36.1 Å². The van der Waals surface area contributed by atoms with Crippen molar-refractivity contribution in [2.45, 2.75) is 51.2 Å². The number of nitriles is 1. The molecule has 1 atom stereocenters. The molecule has 1 aliphatic carbocycles. The number of aromatic nitrogens is 2. The van der Waals surface area contributed by atoms with Gasteiger partial charge in [0.25, 0.3) is 5.91 Å². The zero-order valence-electron chi connectivity index (χ0n) is 17.8. The Balaban J connectivity index is 1.27. The maximum atomic E-state index is 12.9. The normalized spacial score (nSPS) is 20.2. The van der Waals surface area contributed by atoms with Gasteiger partial charge in [-0.1, -0.05) is 11.6 Å². The van der Waals surface area contributed by atoms with E-state index in [-0.39, 0.29) is 23.9 Å². The summed E-state index contributed by atoms with van der Waals surface area (Å²) < 4.78 is 0. The Labute approximate surface area is 191 Å². The quantitative estimate of drug-likeness (QED) is 0.770. The summed E-state index contributed by atoms with van der Waals surface area (Å²) in [5.74, 6) is 0.543. The van der Waals surface area contributed by atoms with E-state index in [4.69, 9.17) is 11.6 Å². The average molecular weight is 451 g/mol. The van der Waals surface area contributed by atoms with E-state index in [9.17, 15) is 14.9 Å². The molecule has 1 N–H and O–H groups in total. The van der Waals surface area contributed by atoms with Gasteiger partial charge in [-0.05, 0) is 48.9 Å². The van der Waals surface area contributed by atoms with E-state index < -0.39 is 0 Å². The van der Waals surface area contributed by atoms with Gasteiger partial charge in [0.05, 0.1) is 29.4 Å². The molecule has 3 heterocycles. The molecule has 0 saturated carbocycles. The maximum absolute atomic E-state index is 12.9. The lowest BCUT2D eigenvalue weighted by molar-refractivity contribution is -0.130. The van der Waals surface area contributed by atoms with Crippen LogP contribution >= 0.6 is 11.6 Å². The van der Waals surface area contributed by atoms with Gasteiger partial charge in [-0.3, -0.25) is 9.59 Å². The van der Waals surface area contributed by atoms with E-state index >= 15 is 0 Å². The van der Waals surface area contributed by atoms with Crippen LogP contribution in [-0.4, -0.2) is 56.8 Å². The third-order valence-electron chi connectivity index (χ3n) is 6.71. The number of carbonyl (C=O) groups excluding carboxylic acids is 2. The van der Waals surface area contributed by atoms with E-state index in [1.54, 1.807) is 19.2 Å². The van der Waals surface area contributed by atoms with Crippen molar-refractivity contribution in [2.24, 2.45) is 0 Å². The summed E-state index contributed by atoms with van der Waals surface area (Å²) in [5, 5.41) is 13.3. The van der Waals surface area contributed by atoms with E-state index in [0.29, 0.717) is 48.2 Å². The molecule has 164 valence electrons. The highest BCUT2D eigenvalue weighted by molar-refractivity contribution is 6.30. The molecule has 1 fully saturated rings. The molecule has 1 aromatic heterocycles. The summed E-state index contributed by atoms with van der Waals surface area (Å²) in [4.78, 5) is 37.2. The highest BCUT2D eigenvalue weighted by Crippen LogP contribution is 2.31. The summed E-state index contributed by atoms with van der Waals surface area (Å²) in [6.45, 7) is 3.40. The number of piperidine rings is 1. The second-order valence-corrected chi connectivity index (χ2v) is 9.11. The Bertz CT molecular complexity index is 1150. The minimum Gasteiger partial charge on any atom is -0.351 e. The molecule has 8 nitrogen and oxygen atoms in total. The molecule has 2 aliphatic heterocycles. The number of halogens is 1. The first kappa shape index (κ1) is 20.7. The molecule has 0 unspecified atom stereocenters. The summed E-state index contributed by atoms with van der Waals surface area (Å²) in [7, 11) is 0. The molecule has 5 rings (SSSR count). The molecule has 1 aromatic carbocycles. The van der Waals surface area contributed by atoms with Gasteiger partial charge in [0.1, 0.15) is 0 Å². The van der Waals surface area contributed by atoms with Gasteiger partial charge in [-0.2, -0.15) is 5.26 Å². The maximum Gasteiger partial charge on any atom is 0.257 e. The van der Waals surface area contributed by atoms with Crippen molar-refractivity contribution >= 4 is 29.4 Å². The minimum absolute atomic E-state index is 0.0330. The Hall–Kier alpha value is -3.18. The smallest absolute Gasteiger partial charge is 0.257 e. The van der Waals surface area contributed by atoms with Crippen molar-refractivity contribution in [1.29, 1.82) is 5.26 Å². The first-order valence-corrected chi connectivity index (χ1v) is 11.2. The van der Waals surface area contributed by atoms with Crippen molar-refractivity contribution in [1.82, 2.24) is 19.8 Å². The Morgan fingerprint density at radius 1 is 1.28 bits per heavy atom. The summed E-state index contributed by atoms with van der Waals surface area (Å²) >= 11 is 6.14. The number of carbonyl (C=O) groups is 2. The Kier molecular flexibility index (Phi) is 5.22. The van der Waals surface area contributed by atoms with Crippen molar-refractivity contribution in [3.05, 3.63) is 51.3 Å². The van der Waals surface area contributed by atoms with Crippen molar-refractivity contribution in [3.8, 4) is 6.07 Å². The standard InChI is InChI=1S/C23H23ClN6O2/c1-13(31)29-4-2-18(3-5-29)30-12-21-20(22(30)32)11-26-23(28-21)27-17-8-14-6-16(24)7-15(10-25)19(14)9-17/h6-7,11,17-18H,2-5,8-9,12H2,1H3,(H,26,27,28)/t17-/m0/s1. The number of fused-ring (bicyclic) bond motifs is 2. The van der Waals surface area contributed by atoms with Gasteiger partial charge in [-0.15, -0.1) is 0 Å². The summed E-state index contributed by atoms with van der Waals surface area (Å²) in [6.07, 6.45) is 4.61. The number of hydrogen-bond donors (Lipinski definition) is 1. The summed E-state index contributed by atoms with van der Waals surface area (Å²) in [6, 6.07) is 6.03. The monoisotopic (exact) mass is 450 g/mol. The van der Waals surface area contributed by atoms with Crippen LogP contribution in [0.1, 0.15) is 52.5 Å². The van der Waals surface area contributed by atoms with Gasteiger partial charge >= 0.3 is 0 Å². The number of anilines is 1. The highest BCUT2D eigenvalue weighted by atomic mass is 35.5. The topological polar surface area (TPSA) is 102 Å². The second kappa shape index (κ2) is 8.06.